The van der Waals surface area contributed by atoms with Crippen LogP contribution in [0.2, 0.25) is 0 Å². The van der Waals surface area contributed by atoms with E-state index >= 15 is 0 Å². The highest BCUT2D eigenvalue weighted by molar-refractivity contribution is 5.97. The molecule has 0 amide bonds. The van der Waals surface area contributed by atoms with Gasteiger partial charge in [0.15, 0.2) is 5.78 Å². The summed E-state index contributed by atoms with van der Waals surface area (Å²) in [5.74, 6) is -0.409. The van der Waals surface area contributed by atoms with Gasteiger partial charge in [0.05, 0.1) is 12.2 Å². The molecule has 2 atom stereocenters. The number of rotatable bonds is 1. The summed E-state index contributed by atoms with van der Waals surface area (Å²) < 4.78 is 4.78. The van der Waals surface area contributed by atoms with E-state index in [1.807, 2.05) is 18.2 Å². The third-order valence-electron chi connectivity index (χ3n) is 2.39. The highest BCUT2D eigenvalue weighted by atomic mass is 16.5. The minimum Gasteiger partial charge on any atom is -0.435 e. The van der Waals surface area contributed by atoms with Crippen LogP contribution < -0.4 is 0 Å². The van der Waals surface area contributed by atoms with E-state index in [1.165, 1.54) is 13.2 Å². The maximum absolute atomic E-state index is 11.4. The highest BCUT2D eigenvalue weighted by Gasteiger charge is 2.31. The zero-order chi connectivity index (χ0) is 10.1. The predicted molar refractivity (Wildman–Crippen MR) is 50.1 cm³/mol. The molecule has 0 aromatic rings. The molecule has 14 heavy (non-hydrogen) atoms. The number of carbonyl (C=O) groups excluding carboxylic acids is 2. The van der Waals surface area contributed by atoms with Crippen LogP contribution in [0.1, 0.15) is 6.92 Å². The smallest absolute Gasteiger partial charge is 0.307 e. The molecule has 0 aromatic carbocycles. The summed E-state index contributed by atoms with van der Waals surface area (Å²) >= 11 is 0. The van der Waals surface area contributed by atoms with E-state index in [9.17, 15) is 9.59 Å². The lowest BCUT2D eigenvalue weighted by molar-refractivity contribution is -0.135. The van der Waals surface area contributed by atoms with E-state index in [-0.39, 0.29) is 23.6 Å². The molecule has 3 heteroatoms. The molecule has 0 spiro atoms. The van der Waals surface area contributed by atoms with Gasteiger partial charge in [-0.2, -0.15) is 0 Å². The van der Waals surface area contributed by atoms with Crippen molar-refractivity contribution in [3.8, 4) is 0 Å². The topological polar surface area (TPSA) is 43.4 Å². The van der Waals surface area contributed by atoms with E-state index in [4.69, 9.17) is 4.74 Å². The lowest BCUT2D eigenvalue weighted by atomic mass is 9.88. The molecule has 3 nitrogen and oxygen atoms in total. The Bertz CT molecular complexity index is 374. The molecule has 0 N–H and O–H groups in total. The van der Waals surface area contributed by atoms with E-state index in [2.05, 4.69) is 0 Å². The van der Waals surface area contributed by atoms with Crippen LogP contribution in [0.5, 0.6) is 0 Å². The van der Waals surface area contributed by atoms with Gasteiger partial charge in [-0.15, -0.1) is 0 Å². The average molecular weight is 190 g/mol. The molecular formula is C11H10O3. The fourth-order valence-corrected chi connectivity index (χ4v) is 1.70. The zero-order valence-electron chi connectivity index (χ0n) is 7.77. The first-order chi connectivity index (χ1) is 6.68. The van der Waals surface area contributed by atoms with Crippen molar-refractivity contribution in [1.82, 2.24) is 0 Å². The first-order valence-corrected chi connectivity index (χ1v) is 4.46. The third kappa shape index (κ3) is 1.41. The van der Waals surface area contributed by atoms with Gasteiger partial charge in [0.2, 0.25) is 0 Å². The molecule has 2 aliphatic rings. The van der Waals surface area contributed by atoms with Crippen LogP contribution in [0.25, 0.3) is 0 Å². The first kappa shape index (κ1) is 8.94. The zero-order valence-corrected chi connectivity index (χ0v) is 7.77. The first-order valence-electron chi connectivity index (χ1n) is 4.46. The second-order valence-electron chi connectivity index (χ2n) is 3.38. The number of ketones is 1. The Kier molecular flexibility index (Phi) is 2.08. The Morgan fingerprint density at radius 3 is 2.93 bits per heavy atom. The maximum atomic E-state index is 11.4. The van der Waals surface area contributed by atoms with Gasteiger partial charge in [-0.25, -0.2) is 0 Å². The molecule has 0 radical (unpaired) electrons. The van der Waals surface area contributed by atoms with Crippen LogP contribution in [-0.4, -0.2) is 11.8 Å². The molecule has 2 aliphatic carbocycles. The number of esters is 1. The average Bonchev–Trinajstić information content (AvgIpc) is 2.44. The Hall–Kier alpha value is -1.64. The van der Waals surface area contributed by atoms with Gasteiger partial charge in [-0.3, -0.25) is 9.59 Å². The van der Waals surface area contributed by atoms with Crippen molar-refractivity contribution in [2.24, 2.45) is 11.8 Å². The van der Waals surface area contributed by atoms with Gasteiger partial charge in [0.1, 0.15) is 0 Å². The van der Waals surface area contributed by atoms with Crippen LogP contribution in [0.4, 0.5) is 0 Å². The van der Waals surface area contributed by atoms with Gasteiger partial charge in [-0.1, -0.05) is 18.2 Å². The van der Waals surface area contributed by atoms with Gasteiger partial charge < -0.3 is 4.74 Å². The van der Waals surface area contributed by atoms with Gasteiger partial charge >= 0.3 is 5.97 Å². The van der Waals surface area contributed by atoms with Gasteiger partial charge in [0.25, 0.3) is 0 Å². The van der Waals surface area contributed by atoms with Gasteiger partial charge in [-0.05, 0) is 11.6 Å². The maximum Gasteiger partial charge on any atom is 0.307 e. The summed E-state index contributed by atoms with van der Waals surface area (Å²) in [4.78, 5) is 22.0. The minimum atomic E-state index is -0.362. The van der Waals surface area contributed by atoms with E-state index in [0.717, 1.165) is 5.57 Å². The SMILES string of the molecule is CC(=O)O/C=C1\C2C=CC(=O)C1C=C2. The second kappa shape index (κ2) is 3.25. The van der Waals surface area contributed by atoms with Crippen LogP contribution in [-0.2, 0) is 14.3 Å². The highest BCUT2D eigenvalue weighted by Crippen LogP contribution is 2.35. The van der Waals surface area contributed by atoms with Crippen molar-refractivity contribution in [2.75, 3.05) is 0 Å². The summed E-state index contributed by atoms with van der Waals surface area (Å²) in [6.45, 7) is 1.34. The van der Waals surface area contributed by atoms with Crippen molar-refractivity contribution in [1.29, 1.82) is 0 Å². The minimum absolute atomic E-state index is 0.0494. The third-order valence-corrected chi connectivity index (χ3v) is 2.39. The summed E-state index contributed by atoms with van der Waals surface area (Å²) in [5.41, 5.74) is 0.854. The van der Waals surface area contributed by atoms with Crippen molar-refractivity contribution < 1.29 is 14.3 Å². The summed E-state index contributed by atoms with van der Waals surface area (Å²) in [7, 11) is 0. The molecule has 0 saturated carbocycles. The van der Waals surface area contributed by atoms with Gasteiger partial charge in [0, 0.05) is 12.8 Å². The summed E-state index contributed by atoms with van der Waals surface area (Å²) in [6, 6.07) is 0. The molecule has 0 fully saturated rings. The Labute approximate surface area is 81.7 Å². The summed E-state index contributed by atoms with van der Waals surface area (Å²) in [5, 5.41) is 0. The summed E-state index contributed by atoms with van der Waals surface area (Å²) in [6.07, 6.45) is 8.60. The number of allylic oxidation sites excluding steroid dienone is 5. The Balaban J connectivity index is 2.24. The largest absolute Gasteiger partial charge is 0.435 e. The number of carbonyl (C=O) groups is 2. The fraction of sp³-hybridized carbons (Fsp3) is 0.273. The molecule has 2 bridgehead atoms. The molecule has 72 valence electrons. The lowest BCUT2D eigenvalue weighted by Crippen LogP contribution is -2.16. The predicted octanol–water partition coefficient (Wildman–Crippen LogP) is 1.37. The van der Waals surface area contributed by atoms with Crippen LogP contribution in [0.3, 0.4) is 0 Å². The van der Waals surface area contributed by atoms with Crippen LogP contribution >= 0.6 is 0 Å². The molecule has 0 aromatic heterocycles. The van der Waals surface area contributed by atoms with E-state index in [1.54, 1.807) is 6.08 Å². The molecule has 0 saturated heterocycles. The van der Waals surface area contributed by atoms with Crippen molar-refractivity contribution in [3.63, 3.8) is 0 Å². The van der Waals surface area contributed by atoms with Crippen molar-refractivity contribution in [3.05, 3.63) is 36.1 Å². The number of hydrogen-bond donors (Lipinski definition) is 0. The van der Waals surface area contributed by atoms with Crippen LogP contribution in [0, 0.1) is 11.8 Å². The Morgan fingerprint density at radius 2 is 2.21 bits per heavy atom. The Morgan fingerprint density at radius 1 is 1.43 bits per heavy atom. The number of hydrogen-bond acceptors (Lipinski definition) is 3. The fourth-order valence-electron chi connectivity index (χ4n) is 1.70. The van der Waals surface area contributed by atoms with E-state index in [0.29, 0.717) is 0 Å². The second-order valence-corrected chi connectivity index (χ2v) is 3.38. The molecule has 2 unspecified atom stereocenters. The molecule has 0 heterocycles. The van der Waals surface area contributed by atoms with Crippen molar-refractivity contribution >= 4 is 11.8 Å². The lowest BCUT2D eigenvalue weighted by Gasteiger charge is -2.16. The molecular weight excluding hydrogens is 180 g/mol. The number of fused-ring (bicyclic) bond motifs is 2. The molecule has 0 aliphatic heterocycles. The normalized spacial score (nSPS) is 31.2. The number of ether oxygens (including phenoxy) is 1. The van der Waals surface area contributed by atoms with Crippen LogP contribution in [0.15, 0.2) is 36.1 Å². The molecule has 2 rings (SSSR count). The quantitative estimate of drug-likeness (QED) is 0.356. The standard InChI is InChI=1S/C11H10O3/c1-7(12)14-6-10-8-2-4-9(10)11(13)5-3-8/h2-6,8-9H,1H3/b10-6+. The van der Waals surface area contributed by atoms with E-state index < -0.39 is 0 Å². The van der Waals surface area contributed by atoms with Crippen molar-refractivity contribution in [2.45, 2.75) is 6.92 Å². The monoisotopic (exact) mass is 190 g/mol.